The molecule has 1 aromatic rings. The van der Waals surface area contributed by atoms with Gasteiger partial charge < -0.3 is 5.32 Å². The molecule has 1 saturated carbocycles. The molecule has 1 aliphatic carbocycles. The third kappa shape index (κ3) is 2.36. The molecule has 1 atom stereocenters. The molecule has 2 rings (SSSR count). The van der Waals surface area contributed by atoms with Gasteiger partial charge in [0.1, 0.15) is 0 Å². The van der Waals surface area contributed by atoms with E-state index in [0.29, 0.717) is 17.9 Å². The second-order valence-corrected chi connectivity index (χ2v) is 5.05. The van der Waals surface area contributed by atoms with Crippen molar-refractivity contribution in [3.63, 3.8) is 0 Å². The van der Waals surface area contributed by atoms with Crippen molar-refractivity contribution in [2.75, 3.05) is 5.32 Å². The Labute approximate surface area is 97.3 Å². The fourth-order valence-electron chi connectivity index (χ4n) is 1.86. The summed E-state index contributed by atoms with van der Waals surface area (Å²) < 4.78 is 0. The molecule has 0 spiro atoms. The summed E-state index contributed by atoms with van der Waals surface area (Å²) in [6.45, 7) is 4.57. The van der Waals surface area contributed by atoms with E-state index < -0.39 is 0 Å². The molecule has 84 valence electrons. The van der Waals surface area contributed by atoms with Crippen LogP contribution in [0.15, 0.2) is 24.3 Å². The Balaban J connectivity index is 1.97. The predicted octanol–water partition coefficient (Wildman–Crippen LogP) is 3.35. The number of nitrogens with one attached hydrogen (secondary N) is 1. The van der Waals surface area contributed by atoms with E-state index in [2.05, 4.69) is 37.4 Å². The lowest BCUT2D eigenvalue weighted by Gasteiger charge is -2.21. The zero-order chi connectivity index (χ0) is 11.6. The van der Waals surface area contributed by atoms with Crippen molar-refractivity contribution < 1.29 is 0 Å². The average Bonchev–Trinajstić information content (AvgIpc) is 3.01. The Hall–Kier alpha value is -1.49. The smallest absolute Gasteiger partial charge is 0.0669 e. The van der Waals surface area contributed by atoms with E-state index in [1.54, 1.807) is 0 Å². The minimum Gasteiger partial charge on any atom is -0.382 e. The van der Waals surface area contributed by atoms with Gasteiger partial charge in [-0.3, -0.25) is 0 Å². The van der Waals surface area contributed by atoms with E-state index in [9.17, 15) is 0 Å². The SMILES string of the molecule is CC(Nc1ccc(CC#N)cc1)C1(C)CC1. The van der Waals surface area contributed by atoms with Crippen LogP contribution in [-0.2, 0) is 6.42 Å². The minimum absolute atomic E-state index is 0.491. The zero-order valence-electron chi connectivity index (χ0n) is 9.96. The van der Waals surface area contributed by atoms with Gasteiger partial charge in [-0.2, -0.15) is 5.26 Å². The molecular formula is C14H18N2. The third-order valence-electron chi connectivity index (χ3n) is 3.70. The molecule has 0 amide bonds. The van der Waals surface area contributed by atoms with Gasteiger partial charge in [0.05, 0.1) is 12.5 Å². The van der Waals surface area contributed by atoms with E-state index >= 15 is 0 Å². The lowest BCUT2D eigenvalue weighted by Crippen LogP contribution is -2.24. The van der Waals surface area contributed by atoms with E-state index in [1.807, 2.05) is 12.1 Å². The molecule has 0 aliphatic heterocycles. The predicted molar refractivity (Wildman–Crippen MR) is 66.2 cm³/mol. The fourth-order valence-corrected chi connectivity index (χ4v) is 1.86. The summed E-state index contributed by atoms with van der Waals surface area (Å²) in [5, 5.41) is 12.1. The van der Waals surface area contributed by atoms with Crippen molar-refractivity contribution in [3.8, 4) is 6.07 Å². The molecule has 0 radical (unpaired) electrons. The van der Waals surface area contributed by atoms with Crippen LogP contribution < -0.4 is 5.32 Å². The van der Waals surface area contributed by atoms with Crippen LogP contribution in [0.2, 0.25) is 0 Å². The average molecular weight is 214 g/mol. The first-order valence-electron chi connectivity index (χ1n) is 5.86. The molecule has 1 N–H and O–H groups in total. The maximum atomic E-state index is 8.58. The van der Waals surface area contributed by atoms with Gasteiger partial charge in [-0.1, -0.05) is 19.1 Å². The Morgan fingerprint density at radius 1 is 1.38 bits per heavy atom. The van der Waals surface area contributed by atoms with E-state index in [4.69, 9.17) is 5.26 Å². The third-order valence-corrected chi connectivity index (χ3v) is 3.70. The quantitative estimate of drug-likeness (QED) is 0.834. The molecular weight excluding hydrogens is 196 g/mol. The summed E-state index contributed by atoms with van der Waals surface area (Å²) in [5.74, 6) is 0. The normalized spacial score (nSPS) is 18.6. The lowest BCUT2D eigenvalue weighted by molar-refractivity contribution is 0.493. The highest BCUT2D eigenvalue weighted by molar-refractivity contribution is 5.46. The Morgan fingerprint density at radius 2 is 2.00 bits per heavy atom. The standard InChI is InChI=1S/C14H18N2/c1-11(14(2)8-9-14)16-13-5-3-12(4-6-13)7-10-15/h3-6,11,16H,7-9H2,1-2H3. The molecule has 1 aliphatic rings. The molecule has 0 saturated heterocycles. The summed E-state index contributed by atoms with van der Waals surface area (Å²) in [5.41, 5.74) is 2.73. The molecule has 0 heterocycles. The monoisotopic (exact) mass is 214 g/mol. The van der Waals surface area contributed by atoms with Crippen LogP contribution in [0.25, 0.3) is 0 Å². The summed E-state index contributed by atoms with van der Waals surface area (Å²) >= 11 is 0. The van der Waals surface area contributed by atoms with E-state index in [-0.39, 0.29) is 0 Å². The fraction of sp³-hybridized carbons (Fsp3) is 0.500. The molecule has 0 bridgehead atoms. The largest absolute Gasteiger partial charge is 0.382 e. The summed E-state index contributed by atoms with van der Waals surface area (Å²) in [4.78, 5) is 0. The van der Waals surface area contributed by atoms with Crippen molar-refractivity contribution in [1.82, 2.24) is 0 Å². The number of nitriles is 1. The van der Waals surface area contributed by atoms with Crippen LogP contribution in [0.1, 0.15) is 32.3 Å². The van der Waals surface area contributed by atoms with Gasteiger partial charge in [-0.25, -0.2) is 0 Å². The highest BCUT2D eigenvalue weighted by atomic mass is 14.9. The van der Waals surface area contributed by atoms with Crippen LogP contribution in [0.3, 0.4) is 0 Å². The zero-order valence-corrected chi connectivity index (χ0v) is 9.96. The topological polar surface area (TPSA) is 35.8 Å². The van der Waals surface area contributed by atoms with Crippen LogP contribution in [-0.4, -0.2) is 6.04 Å². The second-order valence-electron chi connectivity index (χ2n) is 5.05. The highest BCUT2D eigenvalue weighted by Gasteiger charge is 2.42. The van der Waals surface area contributed by atoms with Gasteiger partial charge in [0, 0.05) is 11.7 Å². The molecule has 1 aromatic carbocycles. The van der Waals surface area contributed by atoms with Crippen molar-refractivity contribution in [2.24, 2.45) is 5.41 Å². The van der Waals surface area contributed by atoms with Crippen molar-refractivity contribution in [3.05, 3.63) is 29.8 Å². The maximum Gasteiger partial charge on any atom is 0.0669 e. The van der Waals surface area contributed by atoms with Crippen LogP contribution in [0, 0.1) is 16.7 Å². The molecule has 16 heavy (non-hydrogen) atoms. The first-order valence-corrected chi connectivity index (χ1v) is 5.86. The molecule has 1 fully saturated rings. The Morgan fingerprint density at radius 3 is 2.50 bits per heavy atom. The van der Waals surface area contributed by atoms with Gasteiger partial charge in [0.15, 0.2) is 0 Å². The van der Waals surface area contributed by atoms with Crippen molar-refractivity contribution >= 4 is 5.69 Å². The van der Waals surface area contributed by atoms with Crippen LogP contribution >= 0.6 is 0 Å². The Kier molecular flexibility index (Phi) is 2.87. The van der Waals surface area contributed by atoms with E-state index in [1.165, 1.54) is 12.8 Å². The molecule has 1 unspecified atom stereocenters. The number of hydrogen-bond donors (Lipinski definition) is 1. The number of benzene rings is 1. The van der Waals surface area contributed by atoms with Gasteiger partial charge in [0.25, 0.3) is 0 Å². The summed E-state index contributed by atoms with van der Waals surface area (Å²) in [6, 6.07) is 10.9. The van der Waals surface area contributed by atoms with E-state index in [0.717, 1.165) is 11.3 Å². The van der Waals surface area contributed by atoms with Crippen molar-refractivity contribution in [1.29, 1.82) is 5.26 Å². The van der Waals surface area contributed by atoms with Gasteiger partial charge in [-0.15, -0.1) is 0 Å². The summed E-state index contributed by atoms with van der Waals surface area (Å²) in [6.07, 6.45) is 3.15. The number of hydrogen-bond acceptors (Lipinski definition) is 2. The minimum atomic E-state index is 0.491. The molecule has 2 nitrogen and oxygen atoms in total. The summed E-state index contributed by atoms with van der Waals surface area (Å²) in [7, 11) is 0. The molecule has 0 aromatic heterocycles. The van der Waals surface area contributed by atoms with Gasteiger partial charge in [-0.05, 0) is 42.9 Å². The maximum absolute atomic E-state index is 8.58. The number of nitrogens with zero attached hydrogens (tertiary/aromatic N) is 1. The van der Waals surface area contributed by atoms with Crippen LogP contribution in [0.5, 0.6) is 0 Å². The van der Waals surface area contributed by atoms with Gasteiger partial charge >= 0.3 is 0 Å². The molecule has 2 heteroatoms. The number of rotatable bonds is 4. The first-order chi connectivity index (χ1) is 7.64. The van der Waals surface area contributed by atoms with Crippen molar-refractivity contribution in [2.45, 2.75) is 39.2 Å². The Bertz CT molecular complexity index is 396. The number of anilines is 1. The lowest BCUT2D eigenvalue weighted by atomic mass is 10.0. The van der Waals surface area contributed by atoms with Crippen LogP contribution in [0.4, 0.5) is 5.69 Å². The first kappa shape index (κ1) is 11.0. The van der Waals surface area contributed by atoms with Gasteiger partial charge in [0.2, 0.25) is 0 Å². The highest BCUT2D eigenvalue weighted by Crippen LogP contribution is 2.48. The second kappa shape index (κ2) is 4.17.